The van der Waals surface area contributed by atoms with Crippen molar-refractivity contribution >= 4 is 5.82 Å². The lowest BCUT2D eigenvalue weighted by Crippen LogP contribution is -2.12. The van der Waals surface area contributed by atoms with E-state index in [-0.39, 0.29) is 0 Å². The van der Waals surface area contributed by atoms with Gasteiger partial charge < -0.3 is 10.2 Å². The topological polar surface area (TPSA) is 90.9 Å². The van der Waals surface area contributed by atoms with Crippen LogP contribution in [0.1, 0.15) is 24.5 Å². The van der Waals surface area contributed by atoms with Crippen molar-refractivity contribution in [2.45, 2.75) is 18.8 Å². The second-order valence-electron chi connectivity index (χ2n) is 4.18. The van der Waals surface area contributed by atoms with E-state index >= 15 is 0 Å². The molecule has 0 amide bonds. The molecule has 0 spiro atoms. The van der Waals surface area contributed by atoms with E-state index in [1.54, 1.807) is 11.8 Å². The van der Waals surface area contributed by atoms with Gasteiger partial charge in [-0.2, -0.15) is 5.10 Å². The first kappa shape index (κ1) is 11.0. The summed E-state index contributed by atoms with van der Waals surface area (Å²) in [4.78, 5) is 8.19. The molecule has 3 N–H and O–H groups in total. The third kappa shape index (κ3) is 1.78. The molecule has 1 fully saturated rings. The van der Waals surface area contributed by atoms with Crippen molar-refractivity contribution in [1.82, 2.24) is 19.7 Å². The normalized spacial score (nSPS) is 14.6. The third-order valence-corrected chi connectivity index (χ3v) is 2.95. The van der Waals surface area contributed by atoms with Gasteiger partial charge in [-0.15, -0.1) is 0 Å². The molecule has 94 valence electrons. The summed E-state index contributed by atoms with van der Waals surface area (Å²) in [6.45, 7) is 0. The molecule has 0 unspecified atom stereocenters. The Morgan fingerprint density at radius 2 is 2.28 bits per heavy atom. The molecule has 0 saturated heterocycles. The van der Waals surface area contributed by atoms with Crippen molar-refractivity contribution in [2.24, 2.45) is 5.84 Å². The fourth-order valence-corrected chi connectivity index (χ4v) is 1.87. The molecule has 0 bridgehead atoms. The van der Waals surface area contributed by atoms with Crippen molar-refractivity contribution in [3.8, 4) is 11.6 Å². The summed E-state index contributed by atoms with van der Waals surface area (Å²) in [5.41, 5.74) is 3.58. The number of anilines is 1. The summed E-state index contributed by atoms with van der Waals surface area (Å²) < 4.78 is 6.97. The van der Waals surface area contributed by atoms with Crippen molar-refractivity contribution in [3.63, 3.8) is 0 Å². The van der Waals surface area contributed by atoms with Crippen LogP contribution in [0.25, 0.3) is 5.82 Å². The minimum absolute atomic E-state index is 0.436. The van der Waals surface area contributed by atoms with E-state index in [1.165, 1.54) is 19.2 Å². The molecule has 3 rings (SSSR count). The van der Waals surface area contributed by atoms with Gasteiger partial charge in [0.2, 0.25) is 11.6 Å². The molecule has 2 heterocycles. The van der Waals surface area contributed by atoms with Gasteiger partial charge in [0.15, 0.2) is 5.82 Å². The van der Waals surface area contributed by atoms with E-state index in [2.05, 4.69) is 20.5 Å². The highest BCUT2D eigenvalue weighted by molar-refractivity contribution is 5.57. The van der Waals surface area contributed by atoms with Gasteiger partial charge in [-0.05, 0) is 18.9 Å². The first-order chi connectivity index (χ1) is 8.83. The van der Waals surface area contributed by atoms with Crippen molar-refractivity contribution < 1.29 is 4.74 Å². The van der Waals surface area contributed by atoms with Crippen LogP contribution in [0.5, 0.6) is 5.75 Å². The van der Waals surface area contributed by atoms with Gasteiger partial charge in [-0.1, -0.05) is 0 Å². The standard InChI is InChI=1S/C11H14N6O/c1-18-9-10(15-12)13-6-14-11(9)17-5-4-8(16-17)7-2-3-7/h4-7H,2-3,12H2,1H3,(H,13,14,15). The number of nitrogens with two attached hydrogens (primary N) is 1. The predicted octanol–water partition coefficient (Wildman–Crippen LogP) is 0.834. The Balaban J connectivity index is 2.03. The molecule has 0 aromatic carbocycles. The second kappa shape index (κ2) is 4.26. The largest absolute Gasteiger partial charge is 0.490 e. The lowest BCUT2D eigenvalue weighted by molar-refractivity contribution is 0.409. The number of nitrogens with one attached hydrogen (secondary N) is 1. The number of hydrazine groups is 1. The second-order valence-corrected chi connectivity index (χ2v) is 4.18. The van der Waals surface area contributed by atoms with Crippen molar-refractivity contribution in [2.75, 3.05) is 12.5 Å². The summed E-state index contributed by atoms with van der Waals surface area (Å²) in [7, 11) is 1.55. The van der Waals surface area contributed by atoms with Crippen molar-refractivity contribution in [1.29, 1.82) is 0 Å². The molecular formula is C11H14N6O. The molecule has 1 saturated carbocycles. The molecule has 2 aromatic rings. The van der Waals surface area contributed by atoms with Gasteiger partial charge in [-0.25, -0.2) is 20.5 Å². The molecule has 7 heteroatoms. The van der Waals surface area contributed by atoms with Gasteiger partial charge in [-0.3, -0.25) is 0 Å². The zero-order valence-corrected chi connectivity index (χ0v) is 10.00. The first-order valence-electron chi connectivity index (χ1n) is 5.75. The summed E-state index contributed by atoms with van der Waals surface area (Å²) >= 11 is 0. The summed E-state index contributed by atoms with van der Waals surface area (Å²) in [5, 5.41) is 4.50. The molecule has 1 aliphatic carbocycles. The van der Waals surface area contributed by atoms with Crippen LogP contribution < -0.4 is 16.0 Å². The van der Waals surface area contributed by atoms with Gasteiger partial charge in [0, 0.05) is 12.1 Å². The van der Waals surface area contributed by atoms with Crippen LogP contribution >= 0.6 is 0 Å². The Hall–Kier alpha value is -2.15. The highest BCUT2D eigenvalue weighted by atomic mass is 16.5. The number of methoxy groups -OCH3 is 1. The minimum Gasteiger partial charge on any atom is -0.490 e. The molecule has 0 radical (unpaired) electrons. The maximum atomic E-state index is 5.39. The number of ether oxygens (including phenoxy) is 1. The van der Waals surface area contributed by atoms with E-state index in [1.807, 2.05) is 12.3 Å². The summed E-state index contributed by atoms with van der Waals surface area (Å²) in [5.74, 6) is 7.48. The van der Waals surface area contributed by atoms with Gasteiger partial charge >= 0.3 is 0 Å². The lowest BCUT2D eigenvalue weighted by atomic mass is 10.3. The van der Waals surface area contributed by atoms with Crippen LogP contribution in [0.2, 0.25) is 0 Å². The van der Waals surface area contributed by atoms with E-state index in [4.69, 9.17) is 10.6 Å². The third-order valence-electron chi connectivity index (χ3n) is 2.95. The average Bonchev–Trinajstić information content (AvgIpc) is 3.15. The Kier molecular flexibility index (Phi) is 2.60. The van der Waals surface area contributed by atoms with Crippen LogP contribution in [0.15, 0.2) is 18.6 Å². The molecular weight excluding hydrogens is 232 g/mol. The van der Waals surface area contributed by atoms with E-state index in [9.17, 15) is 0 Å². The molecule has 7 nitrogen and oxygen atoms in total. The van der Waals surface area contributed by atoms with Crippen LogP contribution in [0.4, 0.5) is 5.82 Å². The monoisotopic (exact) mass is 246 g/mol. The van der Waals surface area contributed by atoms with Gasteiger partial charge in [0.25, 0.3) is 0 Å². The number of hydrogen-bond donors (Lipinski definition) is 2. The van der Waals surface area contributed by atoms with E-state index in [0.717, 1.165) is 5.69 Å². The fourth-order valence-electron chi connectivity index (χ4n) is 1.87. The van der Waals surface area contributed by atoms with Crippen LogP contribution in [-0.4, -0.2) is 26.9 Å². The molecule has 0 atom stereocenters. The van der Waals surface area contributed by atoms with Crippen LogP contribution in [0, 0.1) is 0 Å². The Morgan fingerprint density at radius 1 is 1.44 bits per heavy atom. The van der Waals surface area contributed by atoms with Crippen LogP contribution in [0.3, 0.4) is 0 Å². The Morgan fingerprint density at radius 3 is 2.94 bits per heavy atom. The summed E-state index contributed by atoms with van der Waals surface area (Å²) in [6.07, 6.45) is 5.73. The number of nitrogen functional groups attached to an aromatic ring is 1. The first-order valence-corrected chi connectivity index (χ1v) is 5.75. The van der Waals surface area contributed by atoms with Crippen molar-refractivity contribution in [3.05, 3.63) is 24.3 Å². The number of rotatable bonds is 4. The minimum atomic E-state index is 0.436. The zero-order chi connectivity index (χ0) is 12.5. The number of nitrogens with zero attached hydrogens (tertiary/aromatic N) is 4. The lowest BCUT2D eigenvalue weighted by Gasteiger charge is -2.10. The zero-order valence-electron chi connectivity index (χ0n) is 10.00. The summed E-state index contributed by atoms with van der Waals surface area (Å²) in [6, 6.07) is 2.01. The molecule has 18 heavy (non-hydrogen) atoms. The maximum absolute atomic E-state index is 5.39. The number of hydrogen-bond acceptors (Lipinski definition) is 6. The Labute approximate surface area is 104 Å². The SMILES string of the molecule is COc1c(NN)ncnc1-n1ccc(C2CC2)n1. The van der Waals surface area contributed by atoms with Gasteiger partial charge in [0.05, 0.1) is 12.8 Å². The predicted molar refractivity (Wildman–Crippen MR) is 65.5 cm³/mol. The van der Waals surface area contributed by atoms with E-state index in [0.29, 0.717) is 23.3 Å². The smallest absolute Gasteiger partial charge is 0.207 e. The Bertz CT molecular complexity index is 562. The quantitative estimate of drug-likeness (QED) is 0.613. The van der Waals surface area contributed by atoms with Crippen LogP contribution in [-0.2, 0) is 0 Å². The number of aromatic nitrogens is 4. The molecule has 1 aliphatic rings. The highest BCUT2D eigenvalue weighted by Gasteiger charge is 2.26. The maximum Gasteiger partial charge on any atom is 0.207 e. The highest BCUT2D eigenvalue weighted by Crippen LogP contribution is 2.39. The molecule has 0 aliphatic heterocycles. The van der Waals surface area contributed by atoms with E-state index < -0.39 is 0 Å². The van der Waals surface area contributed by atoms with Gasteiger partial charge in [0.1, 0.15) is 6.33 Å². The fraction of sp³-hybridized carbons (Fsp3) is 0.364. The molecule has 2 aromatic heterocycles. The average molecular weight is 246 g/mol.